The molecule has 0 aliphatic heterocycles. The van der Waals surface area contributed by atoms with Gasteiger partial charge in [0.1, 0.15) is 18.0 Å². The fourth-order valence-electron chi connectivity index (χ4n) is 2.30. The second-order valence-electron chi connectivity index (χ2n) is 5.45. The smallest absolute Gasteiger partial charge is 0.138 e. The Hall–Kier alpha value is -1.82. The van der Waals surface area contributed by atoms with Gasteiger partial charge in [-0.25, -0.2) is 19.6 Å². The Morgan fingerprint density at radius 2 is 2.10 bits per heavy atom. The van der Waals surface area contributed by atoms with Crippen molar-refractivity contribution in [3.8, 4) is 0 Å². The molecule has 1 unspecified atom stereocenters. The number of aromatic nitrogens is 5. The van der Waals surface area contributed by atoms with Gasteiger partial charge in [0.2, 0.25) is 0 Å². The van der Waals surface area contributed by atoms with E-state index < -0.39 is 0 Å². The number of nitrogens with one attached hydrogen (secondary N) is 1. The van der Waals surface area contributed by atoms with Crippen LogP contribution < -0.4 is 5.32 Å². The summed E-state index contributed by atoms with van der Waals surface area (Å²) in [7, 11) is 0. The Bertz CT molecular complexity index is 563. The van der Waals surface area contributed by atoms with Gasteiger partial charge in [-0.05, 0) is 39.8 Å². The Morgan fingerprint density at radius 3 is 2.76 bits per heavy atom. The third-order valence-corrected chi connectivity index (χ3v) is 3.32. The van der Waals surface area contributed by atoms with Crippen LogP contribution in [0.3, 0.4) is 0 Å². The van der Waals surface area contributed by atoms with E-state index in [-0.39, 0.29) is 6.04 Å². The van der Waals surface area contributed by atoms with Crippen molar-refractivity contribution < 1.29 is 0 Å². The van der Waals surface area contributed by atoms with Gasteiger partial charge in [-0.2, -0.15) is 5.10 Å². The van der Waals surface area contributed by atoms with Crippen LogP contribution in [-0.4, -0.2) is 31.3 Å². The van der Waals surface area contributed by atoms with E-state index in [0.29, 0.717) is 6.04 Å². The molecule has 0 aromatic carbocycles. The molecule has 2 rings (SSSR count). The minimum atomic E-state index is 0.133. The van der Waals surface area contributed by atoms with Crippen molar-refractivity contribution >= 4 is 0 Å². The predicted molar refractivity (Wildman–Crippen MR) is 81.9 cm³/mol. The average Bonchev–Trinajstić information content (AvgIpc) is 2.91. The van der Waals surface area contributed by atoms with Crippen LogP contribution in [0, 0.1) is 6.92 Å². The summed E-state index contributed by atoms with van der Waals surface area (Å²) < 4.78 is 1.97. The summed E-state index contributed by atoms with van der Waals surface area (Å²) in [5.74, 6) is 1.77. The van der Waals surface area contributed by atoms with E-state index in [4.69, 9.17) is 0 Å². The molecule has 1 atom stereocenters. The molecule has 6 heteroatoms. The highest BCUT2D eigenvalue weighted by molar-refractivity contribution is 5.10. The van der Waals surface area contributed by atoms with Gasteiger partial charge < -0.3 is 5.32 Å². The summed E-state index contributed by atoms with van der Waals surface area (Å²) in [5, 5.41) is 7.85. The lowest BCUT2D eigenvalue weighted by molar-refractivity contribution is 0.457. The summed E-state index contributed by atoms with van der Waals surface area (Å²) >= 11 is 0. The van der Waals surface area contributed by atoms with Crippen LogP contribution in [0.2, 0.25) is 0 Å². The fourth-order valence-corrected chi connectivity index (χ4v) is 2.30. The summed E-state index contributed by atoms with van der Waals surface area (Å²) in [6.07, 6.45) is 5.29. The molecule has 0 spiro atoms. The molecular weight excluding hydrogens is 264 g/mol. The van der Waals surface area contributed by atoms with E-state index >= 15 is 0 Å². The van der Waals surface area contributed by atoms with Gasteiger partial charge >= 0.3 is 0 Å². The van der Waals surface area contributed by atoms with Crippen molar-refractivity contribution in [3.63, 3.8) is 0 Å². The summed E-state index contributed by atoms with van der Waals surface area (Å²) in [4.78, 5) is 13.1. The monoisotopic (exact) mass is 288 g/mol. The Morgan fingerprint density at radius 1 is 1.29 bits per heavy atom. The molecule has 2 heterocycles. The quantitative estimate of drug-likeness (QED) is 0.846. The largest absolute Gasteiger partial charge is 0.308 e. The van der Waals surface area contributed by atoms with Crippen molar-refractivity contribution in [2.75, 3.05) is 6.54 Å². The maximum Gasteiger partial charge on any atom is 0.138 e. The molecule has 21 heavy (non-hydrogen) atoms. The number of hydrogen-bond acceptors (Lipinski definition) is 5. The Balaban J connectivity index is 2.22. The van der Waals surface area contributed by atoms with Gasteiger partial charge in [-0.3, -0.25) is 0 Å². The maximum absolute atomic E-state index is 4.55. The van der Waals surface area contributed by atoms with E-state index in [1.807, 2.05) is 23.9 Å². The lowest BCUT2D eigenvalue weighted by atomic mass is 10.1. The van der Waals surface area contributed by atoms with Crippen molar-refractivity contribution in [2.45, 2.75) is 52.6 Å². The van der Waals surface area contributed by atoms with Crippen molar-refractivity contribution in [1.82, 2.24) is 30.0 Å². The molecular formula is C15H24N6. The average molecular weight is 288 g/mol. The van der Waals surface area contributed by atoms with Crippen molar-refractivity contribution in [1.29, 1.82) is 0 Å². The van der Waals surface area contributed by atoms with E-state index in [9.17, 15) is 0 Å². The van der Waals surface area contributed by atoms with Gasteiger partial charge in [0.25, 0.3) is 0 Å². The lowest BCUT2D eigenvalue weighted by Gasteiger charge is -2.19. The molecule has 0 saturated carbocycles. The highest BCUT2D eigenvalue weighted by Gasteiger charge is 2.18. The third-order valence-electron chi connectivity index (χ3n) is 3.32. The van der Waals surface area contributed by atoms with Crippen LogP contribution in [0.1, 0.15) is 56.6 Å². The number of nitrogens with zero attached hydrogens (tertiary/aromatic N) is 5. The summed E-state index contributed by atoms with van der Waals surface area (Å²) in [6.45, 7) is 9.25. The van der Waals surface area contributed by atoms with Gasteiger partial charge in [-0.15, -0.1) is 0 Å². The normalized spacial score (nSPS) is 12.8. The third kappa shape index (κ3) is 4.07. The first kappa shape index (κ1) is 15.6. The second-order valence-corrected chi connectivity index (χ2v) is 5.45. The van der Waals surface area contributed by atoms with E-state index in [0.717, 1.165) is 36.7 Å². The Kier molecular flexibility index (Phi) is 5.38. The lowest BCUT2D eigenvalue weighted by Crippen LogP contribution is -2.27. The predicted octanol–water partition coefficient (Wildman–Crippen LogP) is 2.24. The zero-order valence-electron chi connectivity index (χ0n) is 13.2. The summed E-state index contributed by atoms with van der Waals surface area (Å²) in [6, 6.07) is 2.41. The van der Waals surface area contributed by atoms with Crippen molar-refractivity contribution in [2.24, 2.45) is 0 Å². The molecule has 114 valence electrons. The minimum absolute atomic E-state index is 0.133. The van der Waals surface area contributed by atoms with Crippen LogP contribution in [0.4, 0.5) is 0 Å². The minimum Gasteiger partial charge on any atom is -0.308 e. The SMILES string of the molecule is CCCNC(Cc1ncnn1C(C)C)c1ccnc(C)n1. The van der Waals surface area contributed by atoms with Crippen LogP contribution >= 0.6 is 0 Å². The fraction of sp³-hybridized carbons (Fsp3) is 0.600. The molecule has 0 amide bonds. The maximum atomic E-state index is 4.55. The molecule has 0 saturated heterocycles. The number of hydrogen-bond donors (Lipinski definition) is 1. The number of rotatable bonds is 7. The zero-order chi connectivity index (χ0) is 15.2. The molecule has 0 radical (unpaired) electrons. The van der Waals surface area contributed by atoms with E-state index in [2.05, 4.69) is 46.1 Å². The van der Waals surface area contributed by atoms with Gasteiger partial charge in [0, 0.05) is 18.7 Å². The van der Waals surface area contributed by atoms with Gasteiger partial charge in [0.05, 0.1) is 11.7 Å². The Labute approximate surface area is 126 Å². The summed E-state index contributed by atoms with van der Waals surface area (Å²) in [5.41, 5.74) is 1.01. The first-order valence-electron chi connectivity index (χ1n) is 7.53. The van der Waals surface area contributed by atoms with Gasteiger partial charge in [-0.1, -0.05) is 6.92 Å². The molecule has 2 aromatic heterocycles. The first-order valence-corrected chi connectivity index (χ1v) is 7.53. The molecule has 1 N–H and O–H groups in total. The highest BCUT2D eigenvalue weighted by atomic mass is 15.3. The second kappa shape index (κ2) is 7.26. The standard InChI is InChI=1S/C15H24N6/c1-5-7-17-14(13-6-8-16-12(4)20-13)9-15-18-10-19-21(15)11(2)3/h6,8,10-11,14,17H,5,7,9H2,1-4H3. The molecule has 0 bridgehead atoms. The van der Waals surface area contributed by atoms with Crippen LogP contribution in [0.15, 0.2) is 18.6 Å². The molecule has 0 aliphatic rings. The first-order chi connectivity index (χ1) is 10.1. The van der Waals surface area contributed by atoms with Gasteiger partial charge in [0.15, 0.2) is 0 Å². The topological polar surface area (TPSA) is 68.5 Å². The highest BCUT2D eigenvalue weighted by Crippen LogP contribution is 2.17. The number of aryl methyl sites for hydroxylation is 1. The van der Waals surface area contributed by atoms with Crippen molar-refractivity contribution in [3.05, 3.63) is 35.9 Å². The van der Waals surface area contributed by atoms with Crippen LogP contribution in [0.25, 0.3) is 0 Å². The molecule has 6 nitrogen and oxygen atoms in total. The van der Waals surface area contributed by atoms with Crippen LogP contribution in [-0.2, 0) is 6.42 Å². The molecule has 2 aromatic rings. The van der Waals surface area contributed by atoms with E-state index in [1.165, 1.54) is 0 Å². The molecule has 0 fully saturated rings. The van der Waals surface area contributed by atoms with E-state index in [1.54, 1.807) is 6.33 Å². The zero-order valence-corrected chi connectivity index (χ0v) is 13.2. The molecule has 0 aliphatic carbocycles. The van der Waals surface area contributed by atoms with Crippen LogP contribution in [0.5, 0.6) is 0 Å².